The minimum atomic E-state index is -0.609. The number of halogens is 1. The van der Waals surface area contributed by atoms with E-state index in [0.29, 0.717) is 30.6 Å². The Hall–Kier alpha value is -2.86. The Kier molecular flexibility index (Phi) is 7.15. The molecule has 1 rings (SSSR count). The predicted octanol–water partition coefficient (Wildman–Crippen LogP) is 3.17. The fourth-order valence-corrected chi connectivity index (χ4v) is 1.79. The van der Waals surface area contributed by atoms with Crippen LogP contribution in [0, 0.1) is 28.5 Å². The van der Waals surface area contributed by atoms with Crippen LogP contribution in [0.5, 0.6) is 0 Å². The number of nitriles is 2. The molecule has 0 aliphatic rings. The van der Waals surface area contributed by atoms with Gasteiger partial charge in [0, 0.05) is 17.8 Å². The maximum atomic E-state index is 13.2. The molecule has 1 aromatic rings. The third kappa shape index (κ3) is 5.26. The molecule has 5 nitrogen and oxygen atoms in total. The van der Waals surface area contributed by atoms with Gasteiger partial charge in [0.25, 0.3) is 0 Å². The molecule has 0 aliphatic heterocycles. The van der Waals surface area contributed by atoms with E-state index in [1.807, 2.05) is 12.1 Å². The van der Waals surface area contributed by atoms with E-state index in [-0.39, 0.29) is 12.0 Å². The van der Waals surface area contributed by atoms with Crippen molar-refractivity contribution in [3.8, 4) is 12.1 Å². The summed E-state index contributed by atoms with van der Waals surface area (Å²) in [5, 5.41) is 20.3. The number of carbonyl (C=O) groups is 1. The smallest absolute Gasteiger partial charge is 0.340 e. The number of anilines is 1. The molecule has 6 heteroatoms. The highest BCUT2D eigenvalue weighted by Crippen LogP contribution is 2.18. The first-order chi connectivity index (χ1) is 10.6. The molecule has 0 saturated heterocycles. The van der Waals surface area contributed by atoms with Gasteiger partial charge in [-0.1, -0.05) is 6.08 Å². The molecule has 0 heterocycles. The summed E-state index contributed by atoms with van der Waals surface area (Å²) >= 11 is 0. The van der Waals surface area contributed by atoms with Crippen molar-refractivity contribution in [3.63, 3.8) is 0 Å². The van der Waals surface area contributed by atoms with Gasteiger partial charge in [-0.3, -0.25) is 0 Å². The Morgan fingerprint density at radius 1 is 1.45 bits per heavy atom. The number of benzene rings is 1. The second-order valence-corrected chi connectivity index (χ2v) is 4.43. The zero-order chi connectivity index (χ0) is 16.4. The first-order valence-corrected chi connectivity index (χ1v) is 6.70. The van der Waals surface area contributed by atoms with Crippen LogP contribution in [-0.4, -0.2) is 19.6 Å². The maximum Gasteiger partial charge on any atom is 0.340 e. The van der Waals surface area contributed by atoms with Crippen molar-refractivity contribution in [2.75, 3.05) is 19.0 Å². The molecule has 0 aromatic heterocycles. The lowest BCUT2D eigenvalue weighted by Crippen LogP contribution is -2.09. The maximum absolute atomic E-state index is 13.2. The van der Waals surface area contributed by atoms with Gasteiger partial charge < -0.3 is 10.1 Å². The number of allylic oxidation sites excluding steroid dienone is 2. The molecule has 0 aliphatic carbocycles. The van der Waals surface area contributed by atoms with E-state index in [2.05, 4.69) is 10.1 Å². The standard InChI is InChI=1S/C16H16FN3O2/c1-22-16(21)14-10-13(17)5-6-15(14)20-9-3-2-4-12(11-19)7-8-18/h4-6,10,20H,2-3,7,9H2,1H3/b12-4+. The number of ether oxygens (including phenoxy) is 1. The molecular weight excluding hydrogens is 285 g/mol. The van der Waals surface area contributed by atoms with Crippen LogP contribution >= 0.6 is 0 Å². The van der Waals surface area contributed by atoms with Crippen molar-refractivity contribution in [1.29, 1.82) is 10.5 Å². The van der Waals surface area contributed by atoms with Gasteiger partial charge >= 0.3 is 5.97 Å². The minimum absolute atomic E-state index is 0.106. The Morgan fingerprint density at radius 2 is 2.23 bits per heavy atom. The molecule has 0 atom stereocenters. The van der Waals surface area contributed by atoms with Crippen LogP contribution in [0.1, 0.15) is 29.6 Å². The van der Waals surface area contributed by atoms with Gasteiger partial charge in [-0.2, -0.15) is 10.5 Å². The Labute approximate surface area is 128 Å². The number of hydrogen-bond donors (Lipinski definition) is 1. The Balaban J connectivity index is 2.58. The molecule has 0 saturated carbocycles. The van der Waals surface area contributed by atoms with Crippen LogP contribution < -0.4 is 5.32 Å². The monoisotopic (exact) mass is 301 g/mol. The summed E-state index contributed by atoms with van der Waals surface area (Å²) in [6.45, 7) is 0.539. The van der Waals surface area contributed by atoms with Crippen LogP contribution in [0.2, 0.25) is 0 Å². The molecule has 0 bridgehead atoms. The molecule has 114 valence electrons. The number of carbonyl (C=O) groups excluding carboxylic acids is 1. The van der Waals surface area contributed by atoms with Crippen LogP contribution in [-0.2, 0) is 4.74 Å². The largest absolute Gasteiger partial charge is 0.465 e. The third-order valence-electron chi connectivity index (χ3n) is 2.89. The van der Waals surface area contributed by atoms with E-state index in [9.17, 15) is 9.18 Å². The quantitative estimate of drug-likeness (QED) is 0.475. The molecule has 22 heavy (non-hydrogen) atoms. The Bertz CT molecular complexity index is 642. The molecule has 0 radical (unpaired) electrons. The van der Waals surface area contributed by atoms with Crippen molar-refractivity contribution < 1.29 is 13.9 Å². The molecule has 0 fully saturated rings. The SMILES string of the molecule is COC(=O)c1cc(F)ccc1NCCC/C=C(/C#N)CC#N. The number of esters is 1. The predicted molar refractivity (Wildman–Crippen MR) is 79.4 cm³/mol. The molecule has 0 unspecified atom stereocenters. The van der Waals surface area contributed by atoms with Crippen LogP contribution in [0.3, 0.4) is 0 Å². The topological polar surface area (TPSA) is 85.9 Å². The van der Waals surface area contributed by atoms with Gasteiger partial charge in [-0.05, 0) is 31.0 Å². The highest BCUT2D eigenvalue weighted by Gasteiger charge is 2.12. The number of methoxy groups -OCH3 is 1. The minimum Gasteiger partial charge on any atom is -0.465 e. The van der Waals surface area contributed by atoms with Gasteiger partial charge in [0.2, 0.25) is 0 Å². The normalized spacial score (nSPS) is 10.5. The summed E-state index contributed by atoms with van der Waals surface area (Å²) in [6.07, 6.45) is 3.16. The lowest BCUT2D eigenvalue weighted by Gasteiger charge is -2.10. The zero-order valence-corrected chi connectivity index (χ0v) is 12.2. The molecule has 0 spiro atoms. The van der Waals surface area contributed by atoms with E-state index in [4.69, 9.17) is 10.5 Å². The average Bonchev–Trinajstić information content (AvgIpc) is 2.53. The van der Waals surface area contributed by atoms with Gasteiger partial charge in [-0.15, -0.1) is 0 Å². The number of hydrogen-bond acceptors (Lipinski definition) is 5. The Morgan fingerprint density at radius 3 is 2.86 bits per heavy atom. The molecule has 1 N–H and O–H groups in total. The van der Waals surface area contributed by atoms with Crippen LogP contribution in [0.15, 0.2) is 29.8 Å². The molecular formula is C16H16FN3O2. The summed E-state index contributed by atoms with van der Waals surface area (Å²) in [4.78, 5) is 11.6. The van der Waals surface area contributed by atoms with Crippen LogP contribution in [0.25, 0.3) is 0 Å². The highest BCUT2D eigenvalue weighted by molar-refractivity contribution is 5.95. The van der Waals surface area contributed by atoms with Crippen LogP contribution in [0.4, 0.5) is 10.1 Å². The second kappa shape index (κ2) is 9.15. The van der Waals surface area contributed by atoms with Gasteiger partial charge in [-0.25, -0.2) is 9.18 Å². The highest BCUT2D eigenvalue weighted by atomic mass is 19.1. The van der Waals surface area contributed by atoms with Crippen molar-refractivity contribution in [2.45, 2.75) is 19.3 Å². The summed E-state index contributed by atoms with van der Waals surface area (Å²) in [7, 11) is 1.24. The van der Waals surface area contributed by atoms with E-state index in [1.165, 1.54) is 19.2 Å². The van der Waals surface area contributed by atoms with Crippen molar-refractivity contribution in [2.24, 2.45) is 0 Å². The van der Waals surface area contributed by atoms with Gasteiger partial charge in [0.05, 0.1) is 31.2 Å². The fraction of sp³-hybridized carbons (Fsp3) is 0.312. The second-order valence-electron chi connectivity index (χ2n) is 4.43. The van der Waals surface area contributed by atoms with E-state index in [0.717, 1.165) is 6.07 Å². The van der Waals surface area contributed by atoms with Crippen molar-refractivity contribution in [3.05, 3.63) is 41.2 Å². The van der Waals surface area contributed by atoms with Gasteiger partial charge in [0.15, 0.2) is 0 Å². The van der Waals surface area contributed by atoms with Crippen molar-refractivity contribution >= 4 is 11.7 Å². The lowest BCUT2D eigenvalue weighted by atomic mass is 10.1. The van der Waals surface area contributed by atoms with E-state index < -0.39 is 11.8 Å². The number of rotatable bonds is 7. The number of nitrogens with zero attached hydrogens (tertiary/aromatic N) is 2. The third-order valence-corrected chi connectivity index (χ3v) is 2.89. The molecule has 0 amide bonds. The first kappa shape index (κ1) is 17.2. The van der Waals surface area contributed by atoms with Gasteiger partial charge in [0.1, 0.15) is 5.82 Å². The number of unbranched alkanes of at least 4 members (excludes halogenated alkanes) is 1. The fourth-order valence-electron chi connectivity index (χ4n) is 1.79. The van der Waals surface area contributed by atoms with E-state index in [1.54, 1.807) is 6.08 Å². The van der Waals surface area contributed by atoms with Crippen molar-refractivity contribution in [1.82, 2.24) is 0 Å². The summed E-state index contributed by atoms with van der Waals surface area (Å²) in [6, 6.07) is 7.75. The molecule has 1 aromatic carbocycles. The summed E-state index contributed by atoms with van der Waals surface area (Å²) < 4.78 is 17.8. The van der Waals surface area contributed by atoms with E-state index >= 15 is 0 Å². The summed E-state index contributed by atoms with van der Waals surface area (Å²) in [5.41, 5.74) is 1.08. The lowest BCUT2D eigenvalue weighted by molar-refractivity contribution is 0.0601. The average molecular weight is 301 g/mol. The number of nitrogens with one attached hydrogen (secondary N) is 1. The zero-order valence-electron chi connectivity index (χ0n) is 12.2. The summed E-state index contributed by atoms with van der Waals surface area (Å²) in [5.74, 6) is -1.12. The first-order valence-electron chi connectivity index (χ1n) is 6.70.